The molecule has 1 aliphatic rings. The Hall–Kier alpha value is -1.98. The molecule has 4 nitrogen and oxygen atoms in total. The predicted octanol–water partition coefficient (Wildman–Crippen LogP) is 3.90. The van der Waals surface area contributed by atoms with Gasteiger partial charge in [0, 0.05) is 23.6 Å². The molecule has 1 amide bonds. The molecule has 132 valence electrons. The minimum Gasteiger partial charge on any atom is -0.491 e. The fourth-order valence-corrected chi connectivity index (χ4v) is 3.10. The van der Waals surface area contributed by atoms with Crippen molar-refractivity contribution in [2.24, 2.45) is 0 Å². The highest BCUT2D eigenvalue weighted by Crippen LogP contribution is 2.17. The lowest BCUT2D eigenvalue weighted by Gasteiger charge is -2.12. The Balaban J connectivity index is 1.47. The van der Waals surface area contributed by atoms with Gasteiger partial charge in [-0.15, -0.1) is 11.8 Å². The number of carbonyl (C=O) groups excluding carboxylic acids is 1. The van der Waals surface area contributed by atoms with E-state index in [1.54, 1.807) is 23.9 Å². The van der Waals surface area contributed by atoms with Gasteiger partial charge in [-0.3, -0.25) is 4.79 Å². The summed E-state index contributed by atoms with van der Waals surface area (Å²) >= 11 is 1.70. The Morgan fingerprint density at radius 3 is 2.60 bits per heavy atom. The largest absolute Gasteiger partial charge is 0.491 e. The molecule has 0 saturated carbocycles. The molecule has 0 spiro atoms. The van der Waals surface area contributed by atoms with Crippen molar-refractivity contribution < 1.29 is 14.3 Å². The van der Waals surface area contributed by atoms with Crippen molar-refractivity contribution in [3.63, 3.8) is 0 Å². The highest BCUT2D eigenvalue weighted by molar-refractivity contribution is 7.98. The number of carbonyl (C=O) groups is 1. The summed E-state index contributed by atoms with van der Waals surface area (Å²) in [5.74, 6) is 0.680. The Morgan fingerprint density at radius 2 is 1.96 bits per heavy atom. The number of hydrogen-bond donors (Lipinski definition) is 1. The minimum atomic E-state index is -0.0837. The first-order valence-electron chi connectivity index (χ1n) is 8.50. The van der Waals surface area contributed by atoms with Crippen LogP contribution in [0.3, 0.4) is 0 Å². The van der Waals surface area contributed by atoms with E-state index in [2.05, 4.69) is 17.4 Å². The molecular formula is C20H23NO3S. The average Bonchev–Trinajstić information content (AvgIpc) is 3.19. The third kappa shape index (κ3) is 5.25. The maximum absolute atomic E-state index is 12.2. The van der Waals surface area contributed by atoms with Crippen LogP contribution in [0, 0.1) is 0 Å². The van der Waals surface area contributed by atoms with Crippen LogP contribution in [0.25, 0.3) is 0 Å². The van der Waals surface area contributed by atoms with Crippen molar-refractivity contribution in [3.8, 4) is 5.75 Å². The molecule has 5 heteroatoms. The van der Waals surface area contributed by atoms with E-state index in [1.807, 2.05) is 30.5 Å². The van der Waals surface area contributed by atoms with Gasteiger partial charge in [0.2, 0.25) is 0 Å². The summed E-state index contributed by atoms with van der Waals surface area (Å²) < 4.78 is 11.3. The van der Waals surface area contributed by atoms with Crippen molar-refractivity contribution in [2.75, 3.05) is 19.5 Å². The van der Waals surface area contributed by atoms with Crippen molar-refractivity contribution in [3.05, 3.63) is 59.7 Å². The zero-order valence-electron chi connectivity index (χ0n) is 14.4. The molecule has 1 fully saturated rings. The molecule has 1 saturated heterocycles. The topological polar surface area (TPSA) is 47.6 Å². The van der Waals surface area contributed by atoms with Crippen LogP contribution in [0.5, 0.6) is 5.75 Å². The van der Waals surface area contributed by atoms with Crippen molar-refractivity contribution >= 4 is 17.7 Å². The lowest BCUT2D eigenvalue weighted by atomic mass is 10.2. The van der Waals surface area contributed by atoms with Gasteiger partial charge in [-0.2, -0.15) is 0 Å². The first-order valence-corrected chi connectivity index (χ1v) is 9.72. The van der Waals surface area contributed by atoms with Crippen LogP contribution < -0.4 is 10.1 Å². The van der Waals surface area contributed by atoms with Gasteiger partial charge in [0.25, 0.3) is 5.91 Å². The second-order valence-electron chi connectivity index (χ2n) is 6.00. The van der Waals surface area contributed by atoms with E-state index >= 15 is 0 Å². The molecule has 0 bridgehead atoms. The molecular weight excluding hydrogens is 334 g/mol. The molecule has 0 aliphatic carbocycles. The van der Waals surface area contributed by atoms with Crippen LogP contribution in [0.4, 0.5) is 0 Å². The summed E-state index contributed by atoms with van der Waals surface area (Å²) in [5, 5.41) is 2.94. The highest BCUT2D eigenvalue weighted by Gasteiger charge is 2.16. The standard InChI is InChI=1S/C20H23NO3S/c1-25-19-10-4-15(5-11-19)13-21-20(22)16-6-8-17(9-7-16)24-14-18-3-2-12-23-18/h4-11,18H,2-3,12-14H2,1H3,(H,21,22). The first kappa shape index (κ1) is 17.8. The molecule has 0 aromatic heterocycles. The van der Waals surface area contributed by atoms with Crippen LogP contribution in [-0.4, -0.2) is 31.5 Å². The third-order valence-electron chi connectivity index (χ3n) is 4.19. The van der Waals surface area contributed by atoms with Gasteiger partial charge in [-0.1, -0.05) is 12.1 Å². The normalized spacial score (nSPS) is 16.6. The minimum absolute atomic E-state index is 0.0837. The molecule has 2 aromatic carbocycles. The molecule has 0 radical (unpaired) electrons. The van der Waals surface area contributed by atoms with Gasteiger partial charge >= 0.3 is 0 Å². The number of benzene rings is 2. The van der Waals surface area contributed by atoms with Gasteiger partial charge < -0.3 is 14.8 Å². The summed E-state index contributed by atoms with van der Waals surface area (Å²) in [5.41, 5.74) is 1.72. The van der Waals surface area contributed by atoms with E-state index in [-0.39, 0.29) is 12.0 Å². The highest BCUT2D eigenvalue weighted by atomic mass is 32.2. The average molecular weight is 357 g/mol. The van der Waals surface area contributed by atoms with Gasteiger partial charge in [-0.05, 0) is 61.1 Å². The Labute approximate surface area is 152 Å². The second-order valence-corrected chi connectivity index (χ2v) is 6.88. The van der Waals surface area contributed by atoms with E-state index in [4.69, 9.17) is 9.47 Å². The van der Waals surface area contributed by atoms with Crippen LogP contribution in [0.2, 0.25) is 0 Å². The molecule has 1 heterocycles. The zero-order chi connectivity index (χ0) is 17.5. The van der Waals surface area contributed by atoms with E-state index < -0.39 is 0 Å². The summed E-state index contributed by atoms with van der Waals surface area (Å²) in [7, 11) is 0. The van der Waals surface area contributed by atoms with Crippen molar-refractivity contribution in [1.29, 1.82) is 0 Å². The SMILES string of the molecule is CSc1ccc(CNC(=O)c2ccc(OCC3CCCO3)cc2)cc1. The number of rotatable bonds is 7. The third-order valence-corrected chi connectivity index (χ3v) is 4.93. The number of amides is 1. The second kappa shape index (κ2) is 8.92. The lowest BCUT2D eigenvalue weighted by Crippen LogP contribution is -2.22. The number of thioether (sulfide) groups is 1. The summed E-state index contributed by atoms with van der Waals surface area (Å²) in [6.07, 6.45) is 4.40. The Morgan fingerprint density at radius 1 is 1.20 bits per heavy atom. The smallest absolute Gasteiger partial charge is 0.251 e. The Bertz CT molecular complexity index is 679. The van der Waals surface area contributed by atoms with Gasteiger partial charge in [0.15, 0.2) is 0 Å². The summed E-state index contributed by atoms with van der Waals surface area (Å²) in [6.45, 7) is 1.91. The number of hydrogen-bond acceptors (Lipinski definition) is 4. The molecule has 25 heavy (non-hydrogen) atoms. The van der Waals surface area contributed by atoms with Gasteiger partial charge in [-0.25, -0.2) is 0 Å². The van der Waals surface area contributed by atoms with Crippen LogP contribution in [-0.2, 0) is 11.3 Å². The Kier molecular flexibility index (Phi) is 6.36. The fourth-order valence-electron chi connectivity index (χ4n) is 2.70. The number of ether oxygens (including phenoxy) is 2. The fraction of sp³-hybridized carbons (Fsp3) is 0.350. The molecule has 1 atom stereocenters. The van der Waals surface area contributed by atoms with E-state index in [0.717, 1.165) is 30.8 Å². The van der Waals surface area contributed by atoms with E-state index in [1.165, 1.54) is 4.90 Å². The zero-order valence-corrected chi connectivity index (χ0v) is 15.2. The lowest BCUT2D eigenvalue weighted by molar-refractivity contribution is 0.0679. The van der Waals surface area contributed by atoms with Gasteiger partial charge in [0.1, 0.15) is 12.4 Å². The summed E-state index contributed by atoms with van der Waals surface area (Å²) in [6, 6.07) is 15.4. The first-order chi connectivity index (χ1) is 12.2. The van der Waals surface area contributed by atoms with Crippen LogP contribution in [0.15, 0.2) is 53.4 Å². The van der Waals surface area contributed by atoms with E-state index in [0.29, 0.717) is 18.7 Å². The quantitative estimate of drug-likeness (QED) is 0.764. The molecule has 3 rings (SSSR count). The molecule has 1 N–H and O–H groups in total. The maximum atomic E-state index is 12.2. The monoisotopic (exact) mass is 357 g/mol. The predicted molar refractivity (Wildman–Crippen MR) is 100 cm³/mol. The maximum Gasteiger partial charge on any atom is 0.251 e. The van der Waals surface area contributed by atoms with Crippen LogP contribution in [0.1, 0.15) is 28.8 Å². The molecule has 1 aliphatic heterocycles. The van der Waals surface area contributed by atoms with Crippen molar-refractivity contribution in [1.82, 2.24) is 5.32 Å². The number of nitrogens with one attached hydrogen (secondary N) is 1. The van der Waals surface area contributed by atoms with Crippen molar-refractivity contribution in [2.45, 2.75) is 30.4 Å². The van der Waals surface area contributed by atoms with Crippen LogP contribution >= 0.6 is 11.8 Å². The van der Waals surface area contributed by atoms with E-state index in [9.17, 15) is 4.79 Å². The molecule has 2 aromatic rings. The molecule has 1 unspecified atom stereocenters. The summed E-state index contributed by atoms with van der Waals surface area (Å²) in [4.78, 5) is 13.5. The van der Waals surface area contributed by atoms with Gasteiger partial charge in [0.05, 0.1) is 6.10 Å².